The van der Waals surface area contributed by atoms with Gasteiger partial charge in [-0.3, -0.25) is 9.52 Å². The molecule has 2 N–H and O–H groups in total. The average molecular weight is 449 g/mol. The summed E-state index contributed by atoms with van der Waals surface area (Å²) in [5, 5.41) is 3.50. The molecule has 3 aromatic carbocycles. The van der Waals surface area contributed by atoms with E-state index in [1.54, 1.807) is 61.5 Å². The molecule has 150 valence electrons. The van der Waals surface area contributed by atoms with E-state index in [4.69, 9.17) is 23.2 Å². The summed E-state index contributed by atoms with van der Waals surface area (Å²) in [6, 6.07) is 16.0. The molecule has 1 amide bonds. The van der Waals surface area contributed by atoms with Gasteiger partial charge in [0.05, 0.1) is 21.3 Å². The van der Waals surface area contributed by atoms with Crippen molar-refractivity contribution in [2.45, 2.75) is 18.7 Å². The number of hydrogen-bond acceptors (Lipinski definition) is 3. The van der Waals surface area contributed by atoms with Gasteiger partial charge in [0, 0.05) is 10.6 Å². The fourth-order valence-corrected chi connectivity index (χ4v) is 4.21. The SMILES string of the molecule is Cc1ccc(S(=O)(=O)Nc2ccc(C(=O)Nc3ccc(Cl)cc3Cl)cc2C)cc1. The maximum absolute atomic E-state index is 12.6. The molecule has 0 unspecified atom stereocenters. The number of amides is 1. The fourth-order valence-electron chi connectivity index (χ4n) is 2.63. The normalized spacial score (nSPS) is 11.2. The molecule has 5 nitrogen and oxygen atoms in total. The molecule has 0 atom stereocenters. The van der Waals surface area contributed by atoms with Crippen molar-refractivity contribution in [1.29, 1.82) is 0 Å². The number of aryl methyl sites for hydroxylation is 2. The lowest BCUT2D eigenvalue weighted by atomic mass is 10.1. The molecule has 29 heavy (non-hydrogen) atoms. The number of benzene rings is 3. The molecular formula is C21H18Cl2N2O3S. The monoisotopic (exact) mass is 448 g/mol. The quantitative estimate of drug-likeness (QED) is 0.528. The molecule has 0 aliphatic carbocycles. The fraction of sp³-hybridized carbons (Fsp3) is 0.0952. The topological polar surface area (TPSA) is 75.3 Å². The Morgan fingerprint density at radius 1 is 0.862 bits per heavy atom. The largest absolute Gasteiger partial charge is 0.321 e. The Morgan fingerprint density at radius 3 is 2.14 bits per heavy atom. The van der Waals surface area contributed by atoms with E-state index < -0.39 is 10.0 Å². The highest BCUT2D eigenvalue weighted by atomic mass is 35.5. The van der Waals surface area contributed by atoms with Gasteiger partial charge in [0.25, 0.3) is 15.9 Å². The van der Waals surface area contributed by atoms with Crippen LogP contribution in [0.1, 0.15) is 21.5 Å². The first-order chi connectivity index (χ1) is 13.7. The van der Waals surface area contributed by atoms with Gasteiger partial charge in [0.2, 0.25) is 0 Å². The standard InChI is InChI=1S/C21H18Cl2N2O3S/c1-13-3-7-17(8-4-13)29(27,28)25-19-9-5-15(11-14(19)2)21(26)24-20-10-6-16(22)12-18(20)23/h3-12,25H,1-2H3,(H,24,26). The highest BCUT2D eigenvalue weighted by Gasteiger charge is 2.16. The molecule has 0 heterocycles. The van der Waals surface area contributed by atoms with Crippen molar-refractivity contribution in [2.24, 2.45) is 0 Å². The van der Waals surface area contributed by atoms with Gasteiger partial charge in [-0.2, -0.15) is 0 Å². The number of rotatable bonds is 5. The molecule has 0 spiro atoms. The van der Waals surface area contributed by atoms with Crippen LogP contribution in [-0.2, 0) is 10.0 Å². The van der Waals surface area contributed by atoms with E-state index in [0.717, 1.165) is 5.56 Å². The van der Waals surface area contributed by atoms with E-state index in [1.807, 2.05) is 6.92 Å². The highest BCUT2D eigenvalue weighted by Crippen LogP contribution is 2.27. The second-order valence-corrected chi connectivity index (χ2v) is 9.05. The third-order valence-corrected chi connectivity index (χ3v) is 6.17. The zero-order valence-electron chi connectivity index (χ0n) is 15.7. The van der Waals surface area contributed by atoms with Gasteiger partial charge >= 0.3 is 0 Å². The molecule has 0 saturated heterocycles. The summed E-state index contributed by atoms with van der Waals surface area (Å²) < 4.78 is 27.7. The zero-order chi connectivity index (χ0) is 21.2. The van der Waals surface area contributed by atoms with E-state index in [2.05, 4.69) is 10.0 Å². The Hall–Kier alpha value is -2.54. The highest BCUT2D eigenvalue weighted by molar-refractivity contribution is 7.92. The van der Waals surface area contributed by atoms with Crippen molar-refractivity contribution < 1.29 is 13.2 Å². The van der Waals surface area contributed by atoms with Crippen LogP contribution >= 0.6 is 23.2 Å². The third-order valence-electron chi connectivity index (χ3n) is 4.24. The summed E-state index contributed by atoms with van der Waals surface area (Å²) in [5.41, 5.74) is 2.77. The van der Waals surface area contributed by atoms with Crippen LogP contribution in [0.3, 0.4) is 0 Å². The number of anilines is 2. The van der Waals surface area contributed by atoms with Crippen molar-refractivity contribution in [3.05, 3.63) is 87.4 Å². The van der Waals surface area contributed by atoms with Crippen molar-refractivity contribution in [3.8, 4) is 0 Å². The van der Waals surface area contributed by atoms with E-state index >= 15 is 0 Å². The van der Waals surface area contributed by atoms with Gasteiger partial charge in [-0.15, -0.1) is 0 Å². The van der Waals surface area contributed by atoms with Crippen LogP contribution in [0.4, 0.5) is 11.4 Å². The van der Waals surface area contributed by atoms with Crippen molar-refractivity contribution in [1.82, 2.24) is 0 Å². The maximum Gasteiger partial charge on any atom is 0.261 e. The van der Waals surface area contributed by atoms with Gasteiger partial charge < -0.3 is 5.32 Å². The zero-order valence-corrected chi connectivity index (χ0v) is 18.0. The van der Waals surface area contributed by atoms with Crippen LogP contribution in [0.25, 0.3) is 0 Å². The van der Waals surface area contributed by atoms with Crippen LogP contribution in [0, 0.1) is 13.8 Å². The maximum atomic E-state index is 12.6. The Morgan fingerprint density at radius 2 is 1.52 bits per heavy atom. The lowest BCUT2D eigenvalue weighted by Gasteiger charge is -2.13. The molecule has 0 aliphatic rings. The van der Waals surface area contributed by atoms with Crippen molar-refractivity contribution in [2.75, 3.05) is 10.0 Å². The molecule has 0 fully saturated rings. The summed E-state index contributed by atoms with van der Waals surface area (Å²) in [6.07, 6.45) is 0. The first-order valence-corrected chi connectivity index (χ1v) is 10.9. The molecule has 3 rings (SSSR count). The van der Waals surface area contributed by atoms with E-state index in [0.29, 0.717) is 32.5 Å². The first-order valence-electron chi connectivity index (χ1n) is 8.62. The minimum atomic E-state index is -3.72. The van der Waals surface area contributed by atoms with Crippen LogP contribution in [-0.4, -0.2) is 14.3 Å². The molecular weight excluding hydrogens is 431 g/mol. The van der Waals surface area contributed by atoms with Crippen molar-refractivity contribution in [3.63, 3.8) is 0 Å². The van der Waals surface area contributed by atoms with Crippen molar-refractivity contribution >= 4 is 50.5 Å². The smallest absolute Gasteiger partial charge is 0.261 e. The third kappa shape index (κ3) is 5.09. The predicted molar refractivity (Wildman–Crippen MR) is 118 cm³/mol. The molecule has 0 radical (unpaired) electrons. The lowest BCUT2D eigenvalue weighted by molar-refractivity contribution is 0.102. The number of carbonyl (C=O) groups is 1. The van der Waals surface area contributed by atoms with Gasteiger partial charge in [-0.25, -0.2) is 8.42 Å². The molecule has 8 heteroatoms. The minimum Gasteiger partial charge on any atom is -0.321 e. The van der Waals surface area contributed by atoms with Crippen LogP contribution in [0.2, 0.25) is 10.0 Å². The number of nitrogens with one attached hydrogen (secondary N) is 2. The summed E-state index contributed by atoms with van der Waals surface area (Å²) in [5.74, 6) is -0.370. The molecule has 0 aliphatic heterocycles. The van der Waals surface area contributed by atoms with Gasteiger partial charge in [-0.05, 0) is 67.9 Å². The summed E-state index contributed by atoms with van der Waals surface area (Å²) in [7, 11) is -3.72. The summed E-state index contributed by atoms with van der Waals surface area (Å²) >= 11 is 11.9. The lowest BCUT2D eigenvalue weighted by Crippen LogP contribution is -2.15. The number of sulfonamides is 1. The predicted octanol–water partition coefficient (Wildman–Crippen LogP) is 5.66. The minimum absolute atomic E-state index is 0.168. The van der Waals surface area contributed by atoms with E-state index in [1.165, 1.54) is 6.07 Å². The molecule has 0 aromatic heterocycles. The van der Waals surface area contributed by atoms with E-state index in [9.17, 15) is 13.2 Å². The Kier molecular flexibility index (Phi) is 6.17. The van der Waals surface area contributed by atoms with Crippen LogP contribution < -0.4 is 10.0 Å². The van der Waals surface area contributed by atoms with Gasteiger partial charge in [0.1, 0.15) is 0 Å². The van der Waals surface area contributed by atoms with Gasteiger partial charge in [0.15, 0.2) is 0 Å². The number of halogens is 2. The first kappa shape index (κ1) is 21.2. The Balaban J connectivity index is 1.79. The average Bonchev–Trinajstić information content (AvgIpc) is 2.66. The number of carbonyl (C=O) groups excluding carboxylic acids is 1. The second-order valence-electron chi connectivity index (χ2n) is 6.53. The van der Waals surface area contributed by atoms with E-state index in [-0.39, 0.29) is 10.8 Å². The van der Waals surface area contributed by atoms with Crippen LogP contribution in [0.15, 0.2) is 65.6 Å². The molecule has 3 aromatic rings. The summed E-state index contributed by atoms with van der Waals surface area (Å²) in [4.78, 5) is 12.7. The van der Waals surface area contributed by atoms with Crippen LogP contribution in [0.5, 0.6) is 0 Å². The summed E-state index contributed by atoms with van der Waals surface area (Å²) in [6.45, 7) is 3.61. The Bertz CT molecular complexity index is 1180. The molecule has 0 bridgehead atoms. The van der Waals surface area contributed by atoms with Gasteiger partial charge in [-0.1, -0.05) is 40.9 Å². The second kappa shape index (κ2) is 8.45. The Labute approximate surface area is 179 Å². The number of hydrogen-bond donors (Lipinski definition) is 2. The molecule has 0 saturated carbocycles.